The topological polar surface area (TPSA) is 0 Å². The van der Waals surface area contributed by atoms with E-state index in [0.29, 0.717) is 0 Å². The van der Waals surface area contributed by atoms with Gasteiger partial charge in [-0.25, -0.2) is 0 Å². The summed E-state index contributed by atoms with van der Waals surface area (Å²) >= 11 is 0. The molecule has 0 saturated heterocycles. The molecule has 0 nitrogen and oxygen atoms in total. The predicted octanol–water partition coefficient (Wildman–Crippen LogP) is 12.9. The average Bonchev–Trinajstić information content (AvgIpc) is 3.03. The van der Waals surface area contributed by atoms with Gasteiger partial charge in [-0.3, -0.25) is 0 Å². The smallest absolute Gasteiger partial charge is 0.0256 e. The number of hydrogen-bond acceptors (Lipinski definition) is 0. The van der Waals surface area contributed by atoms with Crippen molar-refractivity contribution in [2.24, 2.45) is 0 Å². The van der Waals surface area contributed by atoms with Gasteiger partial charge in [0.05, 0.1) is 0 Å². The third-order valence-electron chi connectivity index (χ3n) is 7.91. The Bertz CT molecular complexity index is 1100. The Kier molecular flexibility index (Phi) is 16.8. The molecule has 0 aliphatic carbocycles. The minimum Gasteiger partial charge on any atom is -0.0654 e. The van der Waals surface area contributed by atoms with Gasteiger partial charge in [-0.1, -0.05) is 199 Å². The number of rotatable bonds is 20. The summed E-state index contributed by atoms with van der Waals surface area (Å²) in [5, 5.41) is 0. The molecule has 0 atom stereocenters. The highest BCUT2D eigenvalue weighted by Crippen LogP contribution is 2.14. The molecule has 0 bridgehead atoms. The number of hydrogen-bond donors (Lipinski definition) is 0. The molecule has 0 radical (unpaired) electrons. The van der Waals surface area contributed by atoms with Gasteiger partial charge in [0.25, 0.3) is 0 Å². The van der Waals surface area contributed by atoms with Crippen LogP contribution >= 0.6 is 0 Å². The highest BCUT2D eigenvalue weighted by molar-refractivity contribution is 5.61. The lowest BCUT2D eigenvalue weighted by atomic mass is 10.0. The van der Waals surface area contributed by atoms with Crippen LogP contribution in [0.3, 0.4) is 0 Å². The maximum Gasteiger partial charge on any atom is -0.0256 e. The van der Waals surface area contributed by atoms with E-state index >= 15 is 0 Å². The minimum atomic E-state index is 1.20. The first-order valence-electron chi connectivity index (χ1n) is 16.7. The van der Waals surface area contributed by atoms with E-state index in [1.165, 1.54) is 123 Å². The second-order valence-corrected chi connectivity index (χ2v) is 11.6. The molecule has 0 heteroatoms. The summed E-state index contributed by atoms with van der Waals surface area (Å²) in [5.74, 6) is 0. The van der Waals surface area contributed by atoms with Crippen LogP contribution in [0, 0.1) is 0 Å². The van der Waals surface area contributed by atoms with Gasteiger partial charge in [-0.05, 0) is 59.1 Å². The molecule has 0 spiro atoms. The molecule has 0 aliphatic rings. The molecule has 3 rings (SSSR count). The summed E-state index contributed by atoms with van der Waals surface area (Å²) < 4.78 is 0. The molecule has 0 unspecified atom stereocenters. The Morgan fingerprint density at radius 1 is 0.333 bits per heavy atom. The molecular weight excluding hydrogens is 504 g/mol. The van der Waals surface area contributed by atoms with Gasteiger partial charge in [0.1, 0.15) is 0 Å². The van der Waals surface area contributed by atoms with Gasteiger partial charge in [-0.15, -0.1) is 0 Å². The van der Waals surface area contributed by atoms with Crippen molar-refractivity contribution < 1.29 is 0 Å². The van der Waals surface area contributed by atoms with E-state index in [9.17, 15) is 0 Å². The van der Waals surface area contributed by atoms with Gasteiger partial charge in [-0.2, -0.15) is 0 Å². The Balaban J connectivity index is 1.35. The quantitative estimate of drug-likeness (QED) is 0.0955. The van der Waals surface area contributed by atoms with Crippen LogP contribution in [-0.4, -0.2) is 0 Å². The molecule has 0 N–H and O–H groups in total. The third kappa shape index (κ3) is 14.5. The SMILES string of the molecule is CCCCCCCCc1ccc(/C=C/C=C/c2ccc(/C=C/C=C/c3ccc(CCCCCCCC)cc3)cc2)cc1. The van der Waals surface area contributed by atoms with Crippen LogP contribution < -0.4 is 0 Å². The summed E-state index contributed by atoms with van der Waals surface area (Å²) in [4.78, 5) is 0. The van der Waals surface area contributed by atoms with Crippen molar-refractivity contribution in [1.29, 1.82) is 0 Å². The van der Waals surface area contributed by atoms with E-state index in [4.69, 9.17) is 0 Å². The molecule has 3 aromatic rings. The van der Waals surface area contributed by atoms with Crippen molar-refractivity contribution in [3.05, 3.63) is 130 Å². The summed E-state index contributed by atoms with van der Waals surface area (Å²) in [6.07, 6.45) is 35.8. The van der Waals surface area contributed by atoms with Gasteiger partial charge in [0.15, 0.2) is 0 Å². The van der Waals surface area contributed by atoms with Crippen LogP contribution in [-0.2, 0) is 12.8 Å². The summed E-state index contributed by atoms with van der Waals surface area (Å²) in [6, 6.07) is 26.8. The molecular formula is C42H54. The lowest BCUT2D eigenvalue weighted by Gasteiger charge is -2.02. The van der Waals surface area contributed by atoms with Crippen molar-refractivity contribution in [1.82, 2.24) is 0 Å². The van der Waals surface area contributed by atoms with Gasteiger partial charge >= 0.3 is 0 Å². The number of aryl methyl sites for hydroxylation is 2. The van der Waals surface area contributed by atoms with Crippen LogP contribution in [0.15, 0.2) is 97.1 Å². The van der Waals surface area contributed by atoms with Crippen LogP contribution in [0.2, 0.25) is 0 Å². The number of benzene rings is 3. The normalized spacial score (nSPS) is 12.0. The fraction of sp³-hybridized carbons (Fsp3) is 0.381. The second kappa shape index (κ2) is 21.3. The minimum absolute atomic E-state index is 1.20. The molecule has 0 heterocycles. The average molecular weight is 559 g/mol. The van der Waals surface area contributed by atoms with E-state index < -0.39 is 0 Å². The lowest BCUT2D eigenvalue weighted by molar-refractivity contribution is 0.607. The van der Waals surface area contributed by atoms with Crippen LogP contribution in [0.5, 0.6) is 0 Å². The first kappa shape index (κ1) is 33.1. The van der Waals surface area contributed by atoms with E-state index in [0.717, 1.165) is 0 Å². The van der Waals surface area contributed by atoms with Gasteiger partial charge in [0.2, 0.25) is 0 Å². The molecule has 0 amide bonds. The largest absolute Gasteiger partial charge is 0.0654 e. The monoisotopic (exact) mass is 558 g/mol. The Morgan fingerprint density at radius 3 is 0.905 bits per heavy atom. The summed E-state index contributed by atoms with van der Waals surface area (Å²) in [6.45, 7) is 4.55. The third-order valence-corrected chi connectivity index (χ3v) is 7.91. The lowest BCUT2D eigenvalue weighted by Crippen LogP contribution is -1.86. The van der Waals surface area contributed by atoms with E-state index in [-0.39, 0.29) is 0 Å². The van der Waals surface area contributed by atoms with Gasteiger partial charge < -0.3 is 0 Å². The van der Waals surface area contributed by atoms with Crippen molar-refractivity contribution in [3.8, 4) is 0 Å². The molecule has 222 valence electrons. The zero-order valence-corrected chi connectivity index (χ0v) is 26.4. The Labute approximate surface area is 258 Å². The zero-order chi connectivity index (χ0) is 29.5. The summed E-state index contributed by atoms with van der Waals surface area (Å²) in [5.41, 5.74) is 7.84. The Hall–Kier alpha value is -3.38. The van der Waals surface area contributed by atoms with E-state index in [2.05, 4.69) is 135 Å². The molecule has 42 heavy (non-hydrogen) atoms. The van der Waals surface area contributed by atoms with E-state index in [1.54, 1.807) is 0 Å². The predicted molar refractivity (Wildman–Crippen MR) is 190 cm³/mol. The van der Waals surface area contributed by atoms with Crippen LogP contribution in [0.25, 0.3) is 24.3 Å². The Morgan fingerprint density at radius 2 is 0.595 bits per heavy atom. The van der Waals surface area contributed by atoms with Crippen LogP contribution in [0.1, 0.15) is 124 Å². The van der Waals surface area contributed by atoms with E-state index in [1.807, 2.05) is 0 Å². The zero-order valence-electron chi connectivity index (χ0n) is 26.4. The summed E-state index contributed by atoms with van der Waals surface area (Å²) in [7, 11) is 0. The second-order valence-electron chi connectivity index (χ2n) is 11.6. The maximum atomic E-state index is 2.28. The van der Waals surface area contributed by atoms with Crippen molar-refractivity contribution in [3.63, 3.8) is 0 Å². The highest BCUT2D eigenvalue weighted by Gasteiger charge is 1.96. The van der Waals surface area contributed by atoms with Crippen molar-refractivity contribution in [2.45, 2.75) is 104 Å². The molecule has 0 aromatic heterocycles. The molecule has 0 saturated carbocycles. The maximum absolute atomic E-state index is 2.28. The van der Waals surface area contributed by atoms with Crippen molar-refractivity contribution in [2.75, 3.05) is 0 Å². The highest BCUT2D eigenvalue weighted by atomic mass is 14.0. The fourth-order valence-electron chi connectivity index (χ4n) is 5.19. The first-order chi connectivity index (χ1) is 20.8. The number of allylic oxidation sites excluding steroid dienone is 4. The van der Waals surface area contributed by atoms with Crippen LogP contribution in [0.4, 0.5) is 0 Å². The van der Waals surface area contributed by atoms with Gasteiger partial charge in [0, 0.05) is 0 Å². The molecule has 3 aromatic carbocycles. The molecule has 0 aliphatic heterocycles. The number of unbranched alkanes of at least 4 members (excludes halogenated alkanes) is 10. The standard InChI is InChI=1S/C42H54/c1-3-5-7-9-11-13-19-37-25-29-39(30-26-37)21-15-17-23-41-33-35-42(36-34-41)24-18-16-22-40-31-27-38(28-32-40)20-14-12-10-8-6-4-2/h15-18,21-36H,3-14,19-20H2,1-2H3/b21-15+,22-16+,23-17+,24-18+. The fourth-order valence-corrected chi connectivity index (χ4v) is 5.19. The van der Waals surface area contributed by atoms with Crippen molar-refractivity contribution >= 4 is 24.3 Å². The molecule has 0 fully saturated rings. The first-order valence-corrected chi connectivity index (χ1v) is 16.7.